The fourth-order valence-electron chi connectivity index (χ4n) is 5.47. The van der Waals surface area contributed by atoms with Gasteiger partial charge in [0, 0.05) is 23.9 Å². The van der Waals surface area contributed by atoms with E-state index in [1.807, 2.05) is 36.4 Å². The Kier molecular flexibility index (Phi) is 8.50. The Morgan fingerprint density at radius 1 is 1.00 bits per heavy atom. The van der Waals surface area contributed by atoms with Crippen LogP contribution in [0.4, 0.5) is 5.69 Å². The molecule has 0 bridgehead atoms. The minimum absolute atomic E-state index is 0.0187. The molecule has 1 unspecified atom stereocenters. The van der Waals surface area contributed by atoms with E-state index in [9.17, 15) is 9.59 Å². The Morgan fingerprint density at radius 2 is 1.80 bits per heavy atom. The number of anilines is 1. The van der Waals surface area contributed by atoms with Crippen LogP contribution in [-0.4, -0.2) is 41.3 Å². The largest absolute Gasteiger partial charge is 0.457 e. The zero-order chi connectivity index (χ0) is 28.1. The van der Waals surface area contributed by atoms with Crippen molar-refractivity contribution in [1.29, 1.82) is 0 Å². The summed E-state index contributed by atoms with van der Waals surface area (Å²) < 4.78 is 6.17. The molecule has 1 aromatic heterocycles. The second-order valence-corrected chi connectivity index (χ2v) is 12.0. The number of likely N-dealkylation sites (tertiary alicyclic amines) is 1. The molecule has 0 saturated carbocycles. The van der Waals surface area contributed by atoms with Gasteiger partial charge in [-0.2, -0.15) is 0 Å². The first-order valence-electron chi connectivity index (χ1n) is 14.4. The molecule has 2 N–H and O–H groups in total. The predicted octanol–water partition coefficient (Wildman–Crippen LogP) is 5.63. The number of hydrogen-bond donors (Lipinski definition) is 2. The molecular weight excluding hydrogens is 500 g/mol. The molecule has 40 heavy (non-hydrogen) atoms. The van der Waals surface area contributed by atoms with E-state index < -0.39 is 0 Å². The van der Waals surface area contributed by atoms with Crippen molar-refractivity contribution in [3.63, 3.8) is 0 Å². The summed E-state index contributed by atoms with van der Waals surface area (Å²) in [5.41, 5.74) is 5.24. The van der Waals surface area contributed by atoms with Crippen molar-refractivity contribution in [1.82, 2.24) is 15.2 Å². The average molecular weight is 541 g/mol. The predicted molar refractivity (Wildman–Crippen MR) is 158 cm³/mol. The first kappa shape index (κ1) is 27.8. The molecule has 2 aromatic carbocycles. The van der Waals surface area contributed by atoms with Crippen molar-refractivity contribution in [2.45, 2.75) is 64.8 Å². The second kappa shape index (κ2) is 12.2. The van der Waals surface area contributed by atoms with E-state index in [4.69, 9.17) is 4.74 Å². The number of carbonyl (C=O) groups is 2. The molecule has 1 aliphatic heterocycles. The Morgan fingerprint density at radius 3 is 2.60 bits per heavy atom. The number of pyridine rings is 1. The van der Waals surface area contributed by atoms with Crippen LogP contribution in [0.15, 0.2) is 60.8 Å². The lowest BCUT2D eigenvalue weighted by molar-refractivity contribution is -0.122. The number of hydrogen-bond acceptors (Lipinski definition) is 5. The number of aromatic nitrogens is 1. The molecule has 7 heteroatoms. The second-order valence-electron chi connectivity index (χ2n) is 12.0. The van der Waals surface area contributed by atoms with Gasteiger partial charge in [-0.25, -0.2) is 0 Å². The minimum atomic E-state index is -0.0854. The van der Waals surface area contributed by atoms with Gasteiger partial charge in [-0.3, -0.25) is 19.5 Å². The van der Waals surface area contributed by atoms with Gasteiger partial charge in [0.2, 0.25) is 11.8 Å². The zero-order valence-electron chi connectivity index (χ0n) is 23.8. The highest BCUT2D eigenvalue weighted by Crippen LogP contribution is 2.32. The first-order valence-corrected chi connectivity index (χ1v) is 14.4. The lowest BCUT2D eigenvalue weighted by Gasteiger charge is -2.25. The van der Waals surface area contributed by atoms with Gasteiger partial charge in [0.25, 0.3) is 0 Å². The zero-order valence-corrected chi connectivity index (χ0v) is 23.8. The van der Waals surface area contributed by atoms with E-state index in [0.29, 0.717) is 25.3 Å². The summed E-state index contributed by atoms with van der Waals surface area (Å²) in [4.78, 5) is 32.0. The van der Waals surface area contributed by atoms with Gasteiger partial charge in [-0.05, 0) is 97.6 Å². The van der Waals surface area contributed by atoms with E-state index >= 15 is 0 Å². The number of rotatable bonds is 8. The molecule has 2 heterocycles. The average Bonchev–Trinajstić information content (AvgIpc) is 3.44. The van der Waals surface area contributed by atoms with Crippen molar-refractivity contribution >= 4 is 17.5 Å². The van der Waals surface area contributed by atoms with Crippen LogP contribution >= 0.6 is 0 Å². The third-order valence-electron chi connectivity index (χ3n) is 7.83. The molecule has 2 amide bonds. The molecule has 1 atom stereocenters. The summed E-state index contributed by atoms with van der Waals surface area (Å²) in [6, 6.07) is 17.9. The van der Waals surface area contributed by atoms with Gasteiger partial charge in [-0.15, -0.1) is 0 Å². The molecule has 7 nitrogen and oxygen atoms in total. The molecule has 2 aliphatic rings. The van der Waals surface area contributed by atoms with E-state index in [1.54, 1.807) is 6.20 Å². The fraction of sp³-hybridized carbons (Fsp3) is 0.424. The molecule has 5 rings (SSSR count). The Bertz CT molecular complexity index is 1360. The Hall–Kier alpha value is -3.71. The van der Waals surface area contributed by atoms with Gasteiger partial charge in [-0.1, -0.05) is 39.0 Å². The maximum Gasteiger partial charge on any atom is 0.234 e. The summed E-state index contributed by atoms with van der Waals surface area (Å²) in [5, 5.41) is 6.11. The van der Waals surface area contributed by atoms with Crippen molar-refractivity contribution < 1.29 is 14.3 Å². The van der Waals surface area contributed by atoms with E-state index in [-0.39, 0.29) is 23.1 Å². The Balaban J connectivity index is 1.18. The smallest absolute Gasteiger partial charge is 0.234 e. The molecule has 3 aromatic rings. The highest BCUT2D eigenvalue weighted by Gasteiger charge is 2.26. The molecule has 1 fully saturated rings. The van der Waals surface area contributed by atoms with Crippen LogP contribution < -0.4 is 15.4 Å². The highest BCUT2D eigenvalue weighted by atomic mass is 16.5. The number of aryl methyl sites for hydroxylation is 1. The lowest BCUT2D eigenvalue weighted by atomic mass is 9.83. The summed E-state index contributed by atoms with van der Waals surface area (Å²) in [7, 11) is 0. The number of nitrogens with one attached hydrogen (secondary N) is 2. The van der Waals surface area contributed by atoms with E-state index in [0.717, 1.165) is 61.5 Å². The van der Waals surface area contributed by atoms with Crippen molar-refractivity contribution in [2.24, 2.45) is 5.92 Å². The molecule has 0 spiro atoms. The number of benzene rings is 2. The first-order chi connectivity index (χ1) is 19.2. The number of nitrogens with zero attached hydrogens (tertiary/aromatic N) is 2. The normalized spacial score (nSPS) is 17.2. The van der Waals surface area contributed by atoms with Crippen LogP contribution in [0.25, 0.3) is 0 Å². The maximum atomic E-state index is 13.2. The molecular formula is C33H40N4O3. The minimum Gasteiger partial charge on any atom is -0.457 e. The van der Waals surface area contributed by atoms with E-state index in [2.05, 4.69) is 59.5 Å². The van der Waals surface area contributed by atoms with Crippen LogP contribution in [0.1, 0.15) is 62.4 Å². The summed E-state index contributed by atoms with van der Waals surface area (Å²) in [6.45, 7) is 9.31. The number of ether oxygens (including phenoxy) is 1. The van der Waals surface area contributed by atoms with Gasteiger partial charge in [0.1, 0.15) is 11.5 Å². The van der Waals surface area contributed by atoms with Gasteiger partial charge < -0.3 is 15.4 Å². The van der Waals surface area contributed by atoms with Gasteiger partial charge in [0.05, 0.1) is 18.8 Å². The van der Waals surface area contributed by atoms with Crippen molar-refractivity contribution in [3.05, 3.63) is 83.2 Å². The van der Waals surface area contributed by atoms with Crippen molar-refractivity contribution in [3.8, 4) is 11.5 Å². The Labute approximate surface area is 237 Å². The number of carbonyl (C=O) groups excluding carboxylic acids is 2. The third kappa shape index (κ3) is 7.27. The number of amides is 2. The van der Waals surface area contributed by atoms with Gasteiger partial charge in [0.15, 0.2) is 0 Å². The third-order valence-corrected chi connectivity index (χ3v) is 7.83. The maximum absolute atomic E-state index is 13.2. The number of fused-ring (bicyclic) bond motifs is 1. The summed E-state index contributed by atoms with van der Waals surface area (Å²) in [5.74, 6) is 1.40. The fourth-order valence-corrected chi connectivity index (χ4v) is 5.47. The SMILES string of the molecule is CC(C)(C)c1cccc(NC(=O)C2CCc3ccc(Oc4ccnc(CNC(=O)CN5CCCC5)c4)cc3C2)c1. The van der Waals surface area contributed by atoms with Crippen LogP contribution in [0.2, 0.25) is 0 Å². The van der Waals surface area contributed by atoms with Crippen molar-refractivity contribution in [2.75, 3.05) is 25.0 Å². The molecule has 210 valence electrons. The lowest BCUT2D eigenvalue weighted by Crippen LogP contribution is -2.35. The van der Waals surface area contributed by atoms with Crippen LogP contribution in [-0.2, 0) is 34.4 Å². The van der Waals surface area contributed by atoms with Gasteiger partial charge >= 0.3 is 0 Å². The molecule has 0 radical (unpaired) electrons. The van der Waals surface area contributed by atoms with E-state index in [1.165, 1.54) is 11.1 Å². The quantitative estimate of drug-likeness (QED) is 0.387. The highest BCUT2D eigenvalue weighted by molar-refractivity contribution is 5.93. The summed E-state index contributed by atoms with van der Waals surface area (Å²) in [6.07, 6.45) is 6.40. The summed E-state index contributed by atoms with van der Waals surface area (Å²) >= 11 is 0. The molecule has 1 saturated heterocycles. The molecule has 1 aliphatic carbocycles. The monoisotopic (exact) mass is 540 g/mol. The van der Waals surface area contributed by atoms with Crippen LogP contribution in [0.3, 0.4) is 0 Å². The topological polar surface area (TPSA) is 83.6 Å². The standard InChI is InChI=1S/C33H40N4O3/c1-33(2,3)26-7-6-8-27(19-26)36-32(39)24-10-9-23-11-12-29(18-25(23)17-24)40-30-13-14-34-28(20-30)21-35-31(38)22-37-15-4-5-16-37/h6-8,11-14,18-20,24H,4-5,9-10,15-17,21-22H2,1-3H3,(H,35,38)(H,36,39). The van der Waals surface area contributed by atoms with Crippen LogP contribution in [0.5, 0.6) is 11.5 Å². The van der Waals surface area contributed by atoms with Crippen LogP contribution in [0, 0.1) is 5.92 Å².